The maximum atomic E-state index is 10.5. The highest BCUT2D eigenvalue weighted by Crippen LogP contribution is 2.07. The van der Waals surface area contributed by atoms with Gasteiger partial charge in [-0.15, -0.1) is 0 Å². The first-order valence-corrected chi connectivity index (χ1v) is 5.37. The van der Waals surface area contributed by atoms with Crippen LogP contribution in [-0.4, -0.2) is 8.42 Å². The standard InChI is InChI=1S/C9H11NO3S/c1-2-8-3-5-9(6-4-8)7-13-14(10,11)12/h2-6H,1,7H2,(H2,10,11,12). The van der Waals surface area contributed by atoms with Crippen LogP contribution in [0.4, 0.5) is 0 Å². The summed E-state index contributed by atoms with van der Waals surface area (Å²) in [6.07, 6.45) is 1.70. The van der Waals surface area contributed by atoms with Gasteiger partial charge in [-0.2, -0.15) is 8.42 Å². The molecular formula is C9H11NO3S. The zero-order chi connectivity index (χ0) is 10.6. The fourth-order valence-electron chi connectivity index (χ4n) is 0.900. The molecule has 5 heteroatoms. The van der Waals surface area contributed by atoms with E-state index in [0.717, 1.165) is 11.1 Å². The first-order valence-electron chi connectivity index (χ1n) is 3.90. The first-order chi connectivity index (χ1) is 6.51. The number of hydrogen-bond acceptors (Lipinski definition) is 3. The topological polar surface area (TPSA) is 69.4 Å². The maximum Gasteiger partial charge on any atom is 0.333 e. The first kappa shape index (κ1) is 10.9. The Labute approximate surface area is 83.3 Å². The lowest BCUT2D eigenvalue weighted by atomic mass is 10.1. The smallest absolute Gasteiger partial charge is 0.253 e. The summed E-state index contributed by atoms with van der Waals surface area (Å²) in [5, 5.41) is 4.67. The minimum Gasteiger partial charge on any atom is -0.253 e. The highest BCUT2D eigenvalue weighted by atomic mass is 32.2. The molecule has 0 aliphatic rings. The van der Waals surface area contributed by atoms with Gasteiger partial charge in [0.05, 0.1) is 6.61 Å². The van der Waals surface area contributed by atoms with Crippen molar-refractivity contribution < 1.29 is 12.6 Å². The van der Waals surface area contributed by atoms with Gasteiger partial charge in [-0.3, -0.25) is 4.18 Å². The Morgan fingerprint density at radius 1 is 1.36 bits per heavy atom. The predicted molar refractivity (Wildman–Crippen MR) is 54.4 cm³/mol. The second kappa shape index (κ2) is 4.36. The van der Waals surface area contributed by atoms with Crippen LogP contribution in [0.5, 0.6) is 0 Å². The third-order valence-electron chi connectivity index (χ3n) is 1.61. The Morgan fingerprint density at radius 3 is 2.36 bits per heavy atom. The van der Waals surface area contributed by atoms with Crippen molar-refractivity contribution in [1.29, 1.82) is 0 Å². The van der Waals surface area contributed by atoms with Gasteiger partial charge in [0.2, 0.25) is 0 Å². The van der Waals surface area contributed by atoms with E-state index in [0.29, 0.717) is 0 Å². The minimum atomic E-state index is -3.86. The lowest BCUT2D eigenvalue weighted by Gasteiger charge is -2.01. The van der Waals surface area contributed by atoms with Gasteiger partial charge in [0.15, 0.2) is 0 Å². The normalized spacial score (nSPS) is 11.2. The second-order valence-corrected chi connectivity index (χ2v) is 3.92. The van der Waals surface area contributed by atoms with E-state index in [9.17, 15) is 8.42 Å². The minimum absolute atomic E-state index is 0.0454. The van der Waals surface area contributed by atoms with Gasteiger partial charge in [0.1, 0.15) is 0 Å². The fraction of sp³-hybridized carbons (Fsp3) is 0.111. The monoisotopic (exact) mass is 213 g/mol. The summed E-state index contributed by atoms with van der Waals surface area (Å²) in [7, 11) is -3.86. The van der Waals surface area contributed by atoms with Crippen molar-refractivity contribution in [3.05, 3.63) is 42.0 Å². The van der Waals surface area contributed by atoms with E-state index < -0.39 is 10.3 Å². The van der Waals surface area contributed by atoms with E-state index in [1.54, 1.807) is 18.2 Å². The molecule has 0 saturated carbocycles. The lowest BCUT2D eigenvalue weighted by molar-refractivity contribution is 0.308. The zero-order valence-corrected chi connectivity index (χ0v) is 8.33. The second-order valence-electron chi connectivity index (χ2n) is 2.70. The summed E-state index contributed by atoms with van der Waals surface area (Å²) in [5.74, 6) is 0. The largest absolute Gasteiger partial charge is 0.333 e. The molecular weight excluding hydrogens is 202 g/mol. The average Bonchev–Trinajstić information content (AvgIpc) is 2.14. The van der Waals surface area contributed by atoms with Gasteiger partial charge in [0.25, 0.3) is 0 Å². The Balaban J connectivity index is 2.65. The Kier molecular flexibility index (Phi) is 3.40. The van der Waals surface area contributed by atoms with Gasteiger partial charge >= 0.3 is 10.3 Å². The molecule has 0 heterocycles. The van der Waals surface area contributed by atoms with E-state index in [2.05, 4.69) is 15.9 Å². The van der Waals surface area contributed by atoms with E-state index in [-0.39, 0.29) is 6.61 Å². The average molecular weight is 213 g/mol. The molecule has 0 atom stereocenters. The summed E-state index contributed by atoms with van der Waals surface area (Å²) < 4.78 is 25.3. The number of rotatable bonds is 4. The summed E-state index contributed by atoms with van der Waals surface area (Å²) in [6, 6.07) is 7.13. The number of benzene rings is 1. The van der Waals surface area contributed by atoms with Crippen LogP contribution in [0.2, 0.25) is 0 Å². The highest BCUT2D eigenvalue weighted by molar-refractivity contribution is 7.84. The van der Waals surface area contributed by atoms with Crippen LogP contribution >= 0.6 is 0 Å². The van der Waals surface area contributed by atoms with Crippen LogP contribution < -0.4 is 5.14 Å². The molecule has 0 saturated heterocycles. The molecule has 14 heavy (non-hydrogen) atoms. The predicted octanol–water partition coefficient (Wildman–Crippen LogP) is 1.05. The molecule has 1 rings (SSSR count). The van der Waals surface area contributed by atoms with Crippen LogP contribution in [0.1, 0.15) is 11.1 Å². The van der Waals surface area contributed by atoms with Crippen molar-refractivity contribution in [3.8, 4) is 0 Å². The summed E-state index contributed by atoms with van der Waals surface area (Å²) in [5.41, 5.74) is 1.70. The molecule has 0 spiro atoms. The third kappa shape index (κ3) is 3.69. The molecule has 0 unspecified atom stereocenters. The van der Waals surface area contributed by atoms with Crippen LogP contribution in [0.25, 0.3) is 6.08 Å². The SMILES string of the molecule is C=Cc1ccc(COS(N)(=O)=O)cc1. The Bertz CT molecular complexity index is 408. The highest BCUT2D eigenvalue weighted by Gasteiger charge is 2.02. The zero-order valence-electron chi connectivity index (χ0n) is 7.51. The molecule has 0 amide bonds. The molecule has 2 N–H and O–H groups in total. The summed E-state index contributed by atoms with van der Waals surface area (Å²) in [6.45, 7) is 3.55. The van der Waals surface area contributed by atoms with Crippen LogP contribution in [0.3, 0.4) is 0 Å². The molecule has 4 nitrogen and oxygen atoms in total. The molecule has 76 valence electrons. The van der Waals surface area contributed by atoms with Gasteiger partial charge in [-0.05, 0) is 11.1 Å². The van der Waals surface area contributed by atoms with Gasteiger partial charge < -0.3 is 0 Å². The quantitative estimate of drug-likeness (QED) is 0.812. The number of hydrogen-bond donors (Lipinski definition) is 1. The van der Waals surface area contributed by atoms with Crippen molar-refractivity contribution in [2.24, 2.45) is 5.14 Å². The van der Waals surface area contributed by atoms with Crippen LogP contribution in [0.15, 0.2) is 30.8 Å². The molecule has 0 aliphatic carbocycles. The maximum absolute atomic E-state index is 10.5. The Hall–Kier alpha value is -1.17. The lowest BCUT2D eigenvalue weighted by Crippen LogP contribution is -2.15. The molecule has 0 bridgehead atoms. The van der Waals surface area contributed by atoms with Crippen LogP contribution in [-0.2, 0) is 21.1 Å². The number of nitrogens with two attached hydrogens (primary N) is 1. The van der Waals surface area contributed by atoms with Crippen molar-refractivity contribution in [2.75, 3.05) is 0 Å². The fourth-order valence-corrected chi connectivity index (χ4v) is 1.20. The van der Waals surface area contributed by atoms with E-state index in [1.807, 2.05) is 12.1 Å². The van der Waals surface area contributed by atoms with Crippen molar-refractivity contribution >= 4 is 16.4 Å². The van der Waals surface area contributed by atoms with Crippen molar-refractivity contribution in [1.82, 2.24) is 0 Å². The van der Waals surface area contributed by atoms with Crippen molar-refractivity contribution in [2.45, 2.75) is 6.61 Å². The van der Waals surface area contributed by atoms with E-state index in [4.69, 9.17) is 0 Å². The van der Waals surface area contributed by atoms with Gasteiger partial charge in [-0.25, -0.2) is 5.14 Å². The third-order valence-corrected chi connectivity index (χ3v) is 2.05. The molecule has 1 aromatic rings. The van der Waals surface area contributed by atoms with Gasteiger partial charge in [0, 0.05) is 0 Å². The molecule has 0 aromatic heterocycles. The van der Waals surface area contributed by atoms with Gasteiger partial charge in [-0.1, -0.05) is 36.9 Å². The van der Waals surface area contributed by atoms with Crippen molar-refractivity contribution in [3.63, 3.8) is 0 Å². The van der Waals surface area contributed by atoms with E-state index in [1.165, 1.54) is 0 Å². The summed E-state index contributed by atoms with van der Waals surface area (Å²) in [4.78, 5) is 0. The summed E-state index contributed by atoms with van der Waals surface area (Å²) >= 11 is 0. The van der Waals surface area contributed by atoms with E-state index >= 15 is 0 Å². The van der Waals surface area contributed by atoms with Crippen LogP contribution in [0, 0.1) is 0 Å². The molecule has 0 aliphatic heterocycles. The Morgan fingerprint density at radius 2 is 1.93 bits per heavy atom. The molecule has 0 radical (unpaired) electrons. The molecule has 0 fully saturated rings. The molecule has 1 aromatic carbocycles.